The van der Waals surface area contributed by atoms with Crippen LogP contribution in [0.15, 0.2) is 12.5 Å². The van der Waals surface area contributed by atoms with Crippen LogP contribution in [0.25, 0.3) is 0 Å². The van der Waals surface area contributed by atoms with E-state index in [2.05, 4.69) is 14.7 Å². The number of alkyl halides is 4. The van der Waals surface area contributed by atoms with E-state index in [1.165, 1.54) is 0 Å². The van der Waals surface area contributed by atoms with E-state index in [0.29, 0.717) is 6.33 Å². The number of ether oxygens (including phenoxy) is 1. The van der Waals surface area contributed by atoms with Crippen molar-refractivity contribution in [1.82, 2.24) is 9.97 Å². The second kappa shape index (κ2) is 5.11. The third-order valence-electron chi connectivity index (χ3n) is 1.51. The van der Waals surface area contributed by atoms with Crippen molar-refractivity contribution in [1.29, 1.82) is 0 Å². The SMILES string of the molecule is O=C(OCCCl)c1cncnc1C(F)(F)F. The predicted molar refractivity (Wildman–Crippen MR) is 48.0 cm³/mol. The molecule has 1 heterocycles. The van der Waals surface area contributed by atoms with Gasteiger partial charge < -0.3 is 4.74 Å². The lowest BCUT2D eigenvalue weighted by molar-refractivity contribution is -0.141. The molecule has 0 unspecified atom stereocenters. The summed E-state index contributed by atoms with van der Waals surface area (Å²) in [4.78, 5) is 17.6. The molecule has 0 spiro atoms. The van der Waals surface area contributed by atoms with Crippen molar-refractivity contribution >= 4 is 17.6 Å². The minimum Gasteiger partial charge on any atom is -0.461 e. The van der Waals surface area contributed by atoms with Crippen LogP contribution in [-0.2, 0) is 10.9 Å². The molecule has 1 aromatic heterocycles. The Morgan fingerprint density at radius 1 is 1.50 bits per heavy atom. The standard InChI is InChI=1S/C8H6ClF3N2O2/c9-1-2-16-7(15)5-3-13-4-14-6(5)8(10,11)12/h3-4H,1-2H2. The van der Waals surface area contributed by atoms with Crippen LogP contribution < -0.4 is 0 Å². The highest BCUT2D eigenvalue weighted by Crippen LogP contribution is 2.29. The summed E-state index contributed by atoms with van der Waals surface area (Å²) in [6.07, 6.45) is -3.26. The summed E-state index contributed by atoms with van der Waals surface area (Å²) in [5.41, 5.74) is -2.04. The van der Waals surface area contributed by atoms with Crippen LogP contribution in [0.4, 0.5) is 13.2 Å². The van der Waals surface area contributed by atoms with Gasteiger partial charge in [-0.3, -0.25) is 0 Å². The Morgan fingerprint density at radius 3 is 2.75 bits per heavy atom. The van der Waals surface area contributed by atoms with Gasteiger partial charge in [-0.15, -0.1) is 11.6 Å². The highest BCUT2D eigenvalue weighted by atomic mass is 35.5. The Kier molecular flexibility index (Phi) is 4.05. The highest BCUT2D eigenvalue weighted by Gasteiger charge is 2.37. The van der Waals surface area contributed by atoms with Crippen molar-refractivity contribution in [2.24, 2.45) is 0 Å². The normalized spacial score (nSPS) is 11.2. The lowest BCUT2D eigenvalue weighted by Gasteiger charge is -2.09. The van der Waals surface area contributed by atoms with Crippen molar-refractivity contribution in [2.45, 2.75) is 6.18 Å². The summed E-state index contributed by atoms with van der Waals surface area (Å²) in [6.45, 7) is -0.174. The lowest BCUT2D eigenvalue weighted by atomic mass is 10.2. The number of esters is 1. The van der Waals surface area contributed by atoms with Gasteiger partial charge in [0.2, 0.25) is 0 Å². The minimum absolute atomic E-state index is 0.000776. The molecule has 4 nitrogen and oxygen atoms in total. The van der Waals surface area contributed by atoms with Crippen LogP contribution in [0.5, 0.6) is 0 Å². The van der Waals surface area contributed by atoms with Gasteiger partial charge in [-0.05, 0) is 0 Å². The summed E-state index contributed by atoms with van der Waals surface area (Å²) in [5.74, 6) is -1.14. The zero-order chi connectivity index (χ0) is 12.2. The Balaban J connectivity index is 3.00. The Hall–Kier alpha value is -1.37. The number of hydrogen-bond donors (Lipinski definition) is 0. The molecule has 1 rings (SSSR count). The number of carbonyl (C=O) groups is 1. The van der Waals surface area contributed by atoms with Gasteiger partial charge in [0.1, 0.15) is 18.5 Å². The predicted octanol–water partition coefficient (Wildman–Crippen LogP) is 1.89. The van der Waals surface area contributed by atoms with E-state index in [4.69, 9.17) is 11.6 Å². The van der Waals surface area contributed by atoms with Crippen LogP contribution in [0.1, 0.15) is 16.1 Å². The first-order chi connectivity index (χ1) is 7.46. The fraction of sp³-hybridized carbons (Fsp3) is 0.375. The fourth-order valence-corrected chi connectivity index (χ4v) is 0.991. The molecule has 0 amide bonds. The van der Waals surface area contributed by atoms with Crippen molar-refractivity contribution in [3.8, 4) is 0 Å². The summed E-state index contributed by atoms with van der Waals surface area (Å²) in [5, 5.41) is 0. The molecular weight excluding hydrogens is 249 g/mol. The van der Waals surface area contributed by atoms with Gasteiger partial charge in [0.25, 0.3) is 0 Å². The molecular formula is C8H6ClF3N2O2. The number of carbonyl (C=O) groups excluding carboxylic acids is 1. The van der Waals surface area contributed by atoms with Crippen LogP contribution in [-0.4, -0.2) is 28.4 Å². The third kappa shape index (κ3) is 3.06. The number of nitrogens with zero attached hydrogens (tertiary/aromatic N) is 2. The van der Waals surface area contributed by atoms with E-state index >= 15 is 0 Å². The fourth-order valence-electron chi connectivity index (χ4n) is 0.914. The second-order valence-electron chi connectivity index (χ2n) is 2.61. The summed E-state index contributed by atoms with van der Waals surface area (Å²) in [6, 6.07) is 0. The number of hydrogen-bond acceptors (Lipinski definition) is 4. The average Bonchev–Trinajstić information content (AvgIpc) is 2.24. The molecule has 0 aliphatic heterocycles. The van der Waals surface area contributed by atoms with E-state index in [0.717, 1.165) is 6.20 Å². The van der Waals surface area contributed by atoms with Crippen molar-refractivity contribution in [3.63, 3.8) is 0 Å². The molecule has 16 heavy (non-hydrogen) atoms. The largest absolute Gasteiger partial charge is 0.461 e. The Labute approximate surface area is 93.4 Å². The highest BCUT2D eigenvalue weighted by molar-refractivity contribution is 6.18. The molecule has 88 valence electrons. The number of aromatic nitrogens is 2. The maximum Gasteiger partial charge on any atom is 0.434 e. The lowest BCUT2D eigenvalue weighted by Crippen LogP contribution is -2.18. The number of rotatable bonds is 3. The van der Waals surface area contributed by atoms with Gasteiger partial charge in [-0.2, -0.15) is 13.2 Å². The second-order valence-corrected chi connectivity index (χ2v) is 2.99. The van der Waals surface area contributed by atoms with Crippen molar-refractivity contribution < 1.29 is 22.7 Å². The molecule has 1 aromatic rings. The Morgan fingerprint density at radius 2 is 2.19 bits per heavy atom. The molecule has 0 aliphatic rings. The first-order valence-electron chi connectivity index (χ1n) is 4.07. The zero-order valence-electron chi connectivity index (χ0n) is 7.79. The number of halogens is 4. The monoisotopic (exact) mass is 254 g/mol. The maximum absolute atomic E-state index is 12.4. The van der Waals surface area contributed by atoms with Crippen LogP contribution in [0.2, 0.25) is 0 Å². The first-order valence-corrected chi connectivity index (χ1v) is 4.60. The zero-order valence-corrected chi connectivity index (χ0v) is 8.55. The summed E-state index contributed by atoms with van der Waals surface area (Å²) in [7, 11) is 0. The van der Waals surface area contributed by atoms with Gasteiger partial charge in [0.05, 0.1) is 5.88 Å². The minimum atomic E-state index is -4.72. The van der Waals surface area contributed by atoms with E-state index in [-0.39, 0.29) is 12.5 Å². The van der Waals surface area contributed by atoms with Crippen molar-refractivity contribution in [3.05, 3.63) is 23.8 Å². The average molecular weight is 255 g/mol. The Bertz CT molecular complexity index is 384. The smallest absolute Gasteiger partial charge is 0.434 e. The van der Waals surface area contributed by atoms with Crippen LogP contribution in [0, 0.1) is 0 Å². The van der Waals surface area contributed by atoms with Gasteiger partial charge in [0, 0.05) is 6.20 Å². The van der Waals surface area contributed by atoms with E-state index in [1.54, 1.807) is 0 Å². The first kappa shape index (κ1) is 12.7. The molecule has 0 saturated carbocycles. The summed E-state index contributed by atoms with van der Waals surface area (Å²) >= 11 is 5.23. The van der Waals surface area contributed by atoms with E-state index in [1.807, 2.05) is 0 Å². The molecule has 0 atom stereocenters. The van der Waals surface area contributed by atoms with Gasteiger partial charge in [0.15, 0.2) is 5.69 Å². The van der Waals surface area contributed by atoms with Gasteiger partial charge >= 0.3 is 12.1 Å². The van der Waals surface area contributed by atoms with E-state index in [9.17, 15) is 18.0 Å². The molecule has 0 bridgehead atoms. The molecule has 0 saturated heterocycles. The molecule has 0 aromatic carbocycles. The molecule has 0 radical (unpaired) electrons. The molecule has 0 N–H and O–H groups in total. The van der Waals surface area contributed by atoms with Crippen molar-refractivity contribution in [2.75, 3.05) is 12.5 Å². The molecule has 8 heteroatoms. The van der Waals surface area contributed by atoms with Gasteiger partial charge in [-0.25, -0.2) is 14.8 Å². The summed E-state index contributed by atoms with van der Waals surface area (Å²) < 4.78 is 41.7. The topological polar surface area (TPSA) is 52.1 Å². The quantitative estimate of drug-likeness (QED) is 0.611. The van der Waals surface area contributed by atoms with Crippen LogP contribution >= 0.6 is 11.6 Å². The third-order valence-corrected chi connectivity index (χ3v) is 1.67. The molecule has 0 fully saturated rings. The van der Waals surface area contributed by atoms with Gasteiger partial charge in [-0.1, -0.05) is 0 Å². The molecule has 0 aliphatic carbocycles. The maximum atomic E-state index is 12.4. The van der Waals surface area contributed by atoms with E-state index < -0.39 is 23.4 Å². The van der Waals surface area contributed by atoms with Crippen LogP contribution in [0.3, 0.4) is 0 Å².